The maximum Gasteiger partial charge on any atom is 0.234 e. The van der Waals surface area contributed by atoms with Crippen molar-refractivity contribution in [3.05, 3.63) is 48.5 Å². The van der Waals surface area contributed by atoms with E-state index in [9.17, 15) is 4.79 Å². The van der Waals surface area contributed by atoms with Crippen molar-refractivity contribution < 1.29 is 9.53 Å². The number of aromatic amines is 1. The number of imidazole rings is 1. The second kappa shape index (κ2) is 7.09. The third-order valence-corrected chi connectivity index (χ3v) is 4.74. The van der Waals surface area contributed by atoms with E-state index in [1.807, 2.05) is 59.9 Å². The van der Waals surface area contributed by atoms with Crippen molar-refractivity contribution in [1.29, 1.82) is 0 Å². The molecule has 0 aliphatic heterocycles. The van der Waals surface area contributed by atoms with E-state index in [4.69, 9.17) is 4.74 Å². The third-order valence-electron chi connectivity index (χ3n) is 3.80. The van der Waals surface area contributed by atoms with Crippen LogP contribution >= 0.6 is 11.8 Å². The minimum atomic E-state index is -0.122. The van der Waals surface area contributed by atoms with Gasteiger partial charge >= 0.3 is 0 Å². The molecule has 0 spiro atoms. The van der Waals surface area contributed by atoms with Gasteiger partial charge in [-0.3, -0.25) is 9.20 Å². The van der Waals surface area contributed by atoms with Gasteiger partial charge in [-0.1, -0.05) is 36.0 Å². The number of aromatic nitrogens is 4. The molecule has 0 fully saturated rings. The van der Waals surface area contributed by atoms with E-state index >= 15 is 0 Å². The molecule has 1 amide bonds. The highest BCUT2D eigenvalue weighted by Gasteiger charge is 2.14. The Labute approximate surface area is 153 Å². The van der Waals surface area contributed by atoms with Gasteiger partial charge in [0.2, 0.25) is 11.7 Å². The third kappa shape index (κ3) is 3.11. The quantitative estimate of drug-likeness (QED) is 0.511. The number of para-hydroxylation sites is 4. The van der Waals surface area contributed by atoms with Crippen molar-refractivity contribution in [3.63, 3.8) is 0 Å². The average molecular weight is 367 g/mol. The van der Waals surface area contributed by atoms with Crippen LogP contribution in [0.1, 0.15) is 6.92 Å². The molecule has 26 heavy (non-hydrogen) atoms. The van der Waals surface area contributed by atoms with Gasteiger partial charge in [-0.15, -0.1) is 5.10 Å². The van der Waals surface area contributed by atoms with Crippen LogP contribution in [-0.4, -0.2) is 37.8 Å². The van der Waals surface area contributed by atoms with Gasteiger partial charge in [0.25, 0.3) is 0 Å². The maximum absolute atomic E-state index is 12.4. The lowest BCUT2D eigenvalue weighted by Gasteiger charge is -2.10. The average Bonchev–Trinajstić information content (AvgIpc) is 3.21. The van der Waals surface area contributed by atoms with Gasteiger partial charge in [0.1, 0.15) is 5.75 Å². The molecule has 4 rings (SSSR count). The van der Waals surface area contributed by atoms with Gasteiger partial charge in [-0.25, -0.2) is 10.1 Å². The number of nitrogens with zero attached hydrogens (tertiary/aromatic N) is 3. The first-order valence-corrected chi connectivity index (χ1v) is 9.21. The standard InChI is InChI=1S/C18H17N5O2S/c1-2-25-15-10-6-4-8-13(15)19-16(24)11-26-18-22-21-17-20-12-7-3-5-9-14(12)23(17)18/h3-10H,2,11H2,1H3,(H,19,24)(H,20,21). The van der Waals surface area contributed by atoms with Crippen LogP contribution in [0.4, 0.5) is 5.69 Å². The minimum Gasteiger partial charge on any atom is -0.492 e. The molecule has 0 atom stereocenters. The van der Waals surface area contributed by atoms with Gasteiger partial charge < -0.3 is 10.1 Å². The van der Waals surface area contributed by atoms with E-state index in [0.717, 1.165) is 11.0 Å². The molecule has 0 bridgehead atoms. The van der Waals surface area contributed by atoms with Gasteiger partial charge in [0.15, 0.2) is 5.16 Å². The van der Waals surface area contributed by atoms with E-state index < -0.39 is 0 Å². The number of nitrogens with one attached hydrogen (secondary N) is 2. The highest BCUT2D eigenvalue weighted by atomic mass is 32.2. The number of amides is 1. The number of rotatable bonds is 6. The van der Waals surface area contributed by atoms with Crippen molar-refractivity contribution in [2.75, 3.05) is 17.7 Å². The molecule has 4 aromatic rings. The van der Waals surface area contributed by atoms with Crippen LogP contribution in [-0.2, 0) is 4.79 Å². The summed E-state index contributed by atoms with van der Waals surface area (Å²) in [5, 5.41) is 10.8. The summed E-state index contributed by atoms with van der Waals surface area (Å²) in [7, 11) is 0. The number of hydrogen-bond donors (Lipinski definition) is 2. The van der Waals surface area contributed by atoms with Crippen molar-refractivity contribution in [2.45, 2.75) is 12.1 Å². The van der Waals surface area contributed by atoms with E-state index in [-0.39, 0.29) is 11.7 Å². The molecule has 0 aliphatic carbocycles. The Morgan fingerprint density at radius 2 is 2.04 bits per heavy atom. The molecule has 0 saturated carbocycles. The second-order valence-corrected chi connectivity index (χ2v) is 6.47. The summed E-state index contributed by atoms with van der Waals surface area (Å²) in [5.74, 6) is 1.43. The fourth-order valence-corrected chi connectivity index (χ4v) is 3.46. The van der Waals surface area contributed by atoms with E-state index in [1.54, 1.807) is 0 Å². The first-order chi connectivity index (χ1) is 12.8. The lowest BCUT2D eigenvalue weighted by atomic mass is 10.3. The summed E-state index contributed by atoms with van der Waals surface area (Å²) >= 11 is 1.35. The first-order valence-electron chi connectivity index (χ1n) is 8.22. The normalized spacial score (nSPS) is 11.1. The van der Waals surface area contributed by atoms with E-state index in [0.29, 0.717) is 29.0 Å². The van der Waals surface area contributed by atoms with Gasteiger partial charge in [0.05, 0.1) is 29.1 Å². The number of carbonyl (C=O) groups is 1. The molecule has 2 N–H and O–H groups in total. The van der Waals surface area contributed by atoms with Crippen LogP contribution < -0.4 is 10.1 Å². The number of ether oxygens (including phenoxy) is 1. The molecule has 8 heteroatoms. The van der Waals surface area contributed by atoms with Gasteiger partial charge in [-0.05, 0) is 31.2 Å². The van der Waals surface area contributed by atoms with Gasteiger partial charge in [-0.2, -0.15) is 0 Å². The smallest absolute Gasteiger partial charge is 0.234 e. The van der Waals surface area contributed by atoms with Crippen molar-refractivity contribution in [2.24, 2.45) is 0 Å². The van der Waals surface area contributed by atoms with E-state index in [1.165, 1.54) is 11.8 Å². The van der Waals surface area contributed by atoms with E-state index in [2.05, 4.69) is 20.5 Å². The zero-order valence-corrected chi connectivity index (χ0v) is 14.9. The van der Waals surface area contributed by atoms with Crippen LogP contribution in [0.5, 0.6) is 5.75 Å². The number of anilines is 1. The van der Waals surface area contributed by atoms with Crippen molar-refractivity contribution in [1.82, 2.24) is 19.6 Å². The molecule has 2 aromatic heterocycles. The largest absolute Gasteiger partial charge is 0.492 e. The number of hydrogen-bond acceptors (Lipinski definition) is 5. The van der Waals surface area contributed by atoms with Gasteiger partial charge in [0, 0.05) is 0 Å². The fourth-order valence-electron chi connectivity index (χ4n) is 2.71. The molecule has 0 saturated heterocycles. The monoisotopic (exact) mass is 367 g/mol. The Morgan fingerprint density at radius 1 is 1.23 bits per heavy atom. The summed E-state index contributed by atoms with van der Waals surface area (Å²) in [4.78, 5) is 16.8. The second-order valence-electron chi connectivity index (χ2n) is 5.53. The number of carbonyl (C=O) groups excluding carboxylic acids is 1. The summed E-state index contributed by atoms with van der Waals surface area (Å²) in [6.07, 6.45) is 0. The highest BCUT2D eigenvalue weighted by molar-refractivity contribution is 7.99. The van der Waals surface area contributed by atoms with Crippen LogP contribution in [0.3, 0.4) is 0 Å². The predicted molar refractivity (Wildman–Crippen MR) is 102 cm³/mol. The molecule has 2 heterocycles. The maximum atomic E-state index is 12.4. The van der Waals surface area contributed by atoms with Crippen molar-refractivity contribution in [3.8, 4) is 5.75 Å². The summed E-state index contributed by atoms with van der Waals surface area (Å²) in [6, 6.07) is 15.2. The summed E-state index contributed by atoms with van der Waals surface area (Å²) in [6.45, 7) is 2.45. The van der Waals surface area contributed by atoms with Crippen LogP contribution in [0.25, 0.3) is 16.8 Å². The zero-order chi connectivity index (χ0) is 17.9. The summed E-state index contributed by atoms with van der Waals surface area (Å²) in [5.41, 5.74) is 2.51. The molecule has 0 unspecified atom stereocenters. The minimum absolute atomic E-state index is 0.122. The Bertz CT molecular complexity index is 1070. The summed E-state index contributed by atoms with van der Waals surface area (Å²) < 4.78 is 7.45. The molecule has 0 aliphatic rings. The lowest BCUT2D eigenvalue weighted by molar-refractivity contribution is -0.113. The Kier molecular flexibility index (Phi) is 4.49. The molecule has 132 valence electrons. The topological polar surface area (TPSA) is 84.3 Å². The Morgan fingerprint density at radius 3 is 2.92 bits per heavy atom. The molecule has 0 radical (unpaired) electrons. The molecule has 2 aromatic carbocycles. The molecular formula is C18H17N5O2S. The van der Waals surface area contributed by atoms with Crippen LogP contribution in [0.15, 0.2) is 53.7 Å². The zero-order valence-electron chi connectivity index (χ0n) is 14.1. The Hall–Kier alpha value is -3.00. The SMILES string of the molecule is CCOc1ccccc1NC(=O)CSc1n[nH]c2nc3ccccc3n12. The number of benzene rings is 2. The van der Waals surface area contributed by atoms with Crippen LogP contribution in [0, 0.1) is 0 Å². The Balaban J connectivity index is 1.49. The highest BCUT2D eigenvalue weighted by Crippen LogP contribution is 2.25. The number of H-pyrrole nitrogens is 1. The number of fused-ring (bicyclic) bond motifs is 3. The molecule has 7 nitrogen and oxygen atoms in total. The number of thioether (sulfide) groups is 1. The van der Waals surface area contributed by atoms with Crippen molar-refractivity contribution >= 4 is 40.2 Å². The molecular weight excluding hydrogens is 350 g/mol. The van der Waals surface area contributed by atoms with Crippen LogP contribution in [0.2, 0.25) is 0 Å². The fraction of sp³-hybridized carbons (Fsp3) is 0.167. The predicted octanol–water partition coefficient (Wildman–Crippen LogP) is 3.34. The first kappa shape index (κ1) is 16.5. The lowest BCUT2D eigenvalue weighted by Crippen LogP contribution is -2.15.